The van der Waals surface area contributed by atoms with Crippen LogP contribution in [-0.4, -0.2) is 51.1 Å². The fraction of sp³-hybridized carbons (Fsp3) is 0. The second-order valence-corrected chi connectivity index (χ2v) is 0.692. The summed E-state index contributed by atoms with van der Waals surface area (Å²) >= 11 is -2.61. The summed E-state index contributed by atoms with van der Waals surface area (Å²) < 4.78 is 22.8. The third-order valence-electron chi connectivity index (χ3n) is 0. The van der Waals surface area contributed by atoms with Gasteiger partial charge in [0, 0.05) is 49.4 Å². The van der Waals surface area contributed by atoms with Crippen molar-refractivity contribution >= 4 is 49.1 Å². The third-order valence-corrected chi connectivity index (χ3v) is 0. The van der Waals surface area contributed by atoms with Gasteiger partial charge in [0.15, 0.2) is 0 Å². The summed E-state index contributed by atoms with van der Waals surface area (Å²) in [6, 6.07) is 0. The first kappa shape index (κ1) is 16.0. The van der Waals surface area contributed by atoms with Gasteiger partial charge in [0.05, 0.1) is 0 Å². The maximum Gasteiger partial charge on any atom is 2.00 e. The van der Waals surface area contributed by atoms with E-state index in [0.717, 1.165) is 0 Å². The standard InChI is InChI=1S/Ca.Eu.H2O3S.2H/c;;1-4(2)3;;/h;;(H2,1,2,3);;/q+2;;;2*-1. The summed E-state index contributed by atoms with van der Waals surface area (Å²) in [5.74, 6) is 0. The molecular formula is H4CaEuO3S. The molecule has 37 valence electrons. The van der Waals surface area contributed by atoms with Crippen LogP contribution in [0, 0.1) is 49.4 Å². The first-order valence-electron chi connectivity index (χ1n) is 0.532. The second kappa shape index (κ2) is 10.8. The molecule has 0 bridgehead atoms. The van der Waals surface area contributed by atoms with Crippen LogP contribution in [0.2, 0.25) is 0 Å². The van der Waals surface area contributed by atoms with Crippen LogP contribution in [0.3, 0.4) is 0 Å². The molecule has 0 aliphatic carbocycles. The summed E-state index contributed by atoms with van der Waals surface area (Å²) in [4.78, 5) is 0. The van der Waals surface area contributed by atoms with E-state index in [0.29, 0.717) is 0 Å². The number of hydrogen-bond donors (Lipinski definition) is 2. The van der Waals surface area contributed by atoms with Crippen molar-refractivity contribution in [2.24, 2.45) is 0 Å². The maximum atomic E-state index is 8.67. The third kappa shape index (κ3) is 28.5. The van der Waals surface area contributed by atoms with Crippen molar-refractivity contribution in [3.05, 3.63) is 0 Å². The van der Waals surface area contributed by atoms with Crippen molar-refractivity contribution in [3.8, 4) is 0 Å². The number of hydrogen-bond acceptors (Lipinski definition) is 1. The Balaban J connectivity index is -0.00000000750. The van der Waals surface area contributed by atoms with E-state index in [2.05, 4.69) is 0 Å². The molecule has 0 heterocycles. The Hall–Kier alpha value is 2.91. The van der Waals surface area contributed by atoms with E-state index in [1.165, 1.54) is 0 Å². The topological polar surface area (TPSA) is 57.5 Å². The zero-order chi connectivity index (χ0) is 3.58. The Bertz CT molecular complexity index is 40.3. The van der Waals surface area contributed by atoms with Crippen LogP contribution in [0.1, 0.15) is 2.85 Å². The van der Waals surface area contributed by atoms with Gasteiger partial charge in [-0.15, -0.1) is 0 Å². The normalized spacial score (nSPS) is 5.83. The van der Waals surface area contributed by atoms with Crippen LogP contribution in [0.5, 0.6) is 0 Å². The van der Waals surface area contributed by atoms with Gasteiger partial charge in [-0.2, -0.15) is 4.21 Å². The molecule has 0 aliphatic heterocycles. The minimum Gasteiger partial charge on any atom is -1.00 e. The molecule has 0 atom stereocenters. The molecule has 0 saturated heterocycles. The number of rotatable bonds is 0. The van der Waals surface area contributed by atoms with Gasteiger partial charge in [0.1, 0.15) is 0 Å². The molecule has 0 aromatic carbocycles. The molecule has 0 aliphatic rings. The zero-order valence-electron chi connectivity index (χ0n) is 4.80. The van der Waals surface area contributed by atoms with Crippen LogP contribution in [0.4, 0.5) is 0 Å². The van der Waals surface area contributed by atoms with E-state index in [4.69, 9.17) is 13.3 Å². The molecule has 2 N–H and O–H groups in total. The van der Waals surface area contributed by atoms with Gasteiger partial charge in [-0.25, -0.2) is 0 Å². The van der Waals surface area contributed by atoms with Crippen molar-refractivity contribution in [2.45, 2.75) is 0 Å². The Morgan fingerprint density at radius 2 is 1.50 bits per heavy atom. The smallest absolute Gasteiger partial charge is 1.00 e. The van der Waals surface area contributed by atoms with Crippen molar-refractivity contribution in [2.75, 3.05) is 0 Å². The summed E-state index contributed by atoms with van der Waals surface area (Å²) in [6.07, 6.45) is 0. The summed E-state index contributed by atoms with van der Waals surface area (Å²) in [7, 11) is 0. The Labute approximate surface area is 112 Å². The monoisotopic (exact) mass is 277 g/mol. The van der Waals surface area contributed by atoms with E-state index in [1.54, 1.807) is 0 Å². The van der Waals surface area contributed by atoms with Crippen LogP contribution < -0.4 is 0 Å². The molecule has 0 rings (SSSR count). The predicted octanol–water partition coefficient (Wildman–Crippen LogP) is -0.475. The largest absolute Gasteiger partial charge is 2.00 e. The van der Waals surface area contributed by atoms with Gasteiger partial charge >= 0.3 is 37.7 Å². The Kier molecular flexibility index (Phi) is 28.8. The fourth-order valence-electron chi connectivity index (χ4n) is 0. The molecule has 0 saturated carbocycles. The first-order chi connectivity index (χ1) is 1.73. The molecule has 0 aromatic rings. The SMILES string of the molecule is O=S(O)O.[Ca+2].[Eu].[H-].[H-]. The van der Waals surface area contributed by atoms with Crippen molar-refractivity contribution in [3.63, 3.8) is 0 Å². The minimum atomic E-state index is -2.61. The van der Waals surface area contributed by atoms with Gasteiger partial charge in [-0.1, -0.05) is 0 Å². The van der Waals surface area contributed by atoms with Gasteiger partial charge in [-0.05, 0) is 0 Å². The zero-order valence-corrected chi connectivity index (χ0v) is 8.25. The van der Waals surface area contributed by atoms with Gasteiger partial charge < -0.3 is 2.85 Å². The van der Waals surface area contributed by atoms with Gasteiger partial charge in [0.2, 0.25) is 0 Å². The summed E-state index contributed by atoms with van der Waals surface area (Å²) in [5.41, 5.74) is 0. The van der Waals surface area contributed by atoms with Crippen LogP contribution in [0.15, 0.2) is 0 Å². The van der Waals surface area contributed by atoms with Crippen LogP contribution in [-0.2, 0) is 11.4 Å². The van der Waals surface area contributed by atoms with Crippen molar-refractivity contribution in [1.82, 2.24) is 0 Å². The molecule has 6 heavy (non-hydrogen) atoms. The average molecular weight is 276 g/mol. The molecule has 0 spiro atoms. The molecule has 0 fully saturated rings. The van der Waals surface area contributed by atoms with Crippen molar-refractivity contribution < 1.29 is 65.5 Å². The Morgan fingerprint density at radius 3 is 1.50 bits per heavy atom. The quantitative estimate of drug-likeness (QED) is 0.464. The molecule has 3 nitrogen and oxygen atoms in total. The molecule has 0 aromatic heterocycles. The summed E-state index contributed by atoms with van der Waals surface area (Å²) in [5, 5.41) is 0. The van der Waals surface area contributed by atoms with Crippen LogP contribution in [0.25, 0.3) is 0 Å². The molecular weight excluding hydrogens is 272 g/mol. The van der Waals surface area contributed by atoms with E-state index in [-0.39, 0.29) is 90.0 Å². The van der Waals surface area contributed by atoms with Crippen molar-refractivity contribution in [1.29, 1.82) is 0 Å². The van der Waals surface area contributed by atoms with E-state index >= 15 is 0 Å². The van der Waals surface area contributed by atoms with E-state index in [1.807, 2.05) is 0 Å². The molecule has 0 amide bonds. The second-order valence-electron chi connectivity index (χ2n) is 0.231. The summed E-state index contributed by atoms with van der Waals surface area (Å²) in [6.45, 7) is 0. The average Bonchev–Trinajstić information content (AvgIpc) is 0.811. The minimum absolute atomic E-state index is 0. The maximum absolute atomic E-state index is 8.67. The van der Waals surface area contributed by atoms with Crippen LogP contribution >= 0.6 is 0 Å². The first-order valence-corrected chi connectivity index (χ1v) is 1.60. The van der Waals surface area contributed by atoms with Gasteiger partial charge in [0.25, 0.3) is 11.4 Å². The molecule has 6 heteroatoms. The predicted molar refractivity (Wildman–Crippen MR) is 21.4 cm³/mol. The van der Waals surface area contributed by atoms with E-state index in [9.17, 15) is 0 Å². The Morgan fingerprint density at radius 1 is 1.50 bits per heavy atom. The van der Waals surface area contributed by atoms with E-state index < -0.39 is 11.4 Å². The fourth-order valence-corrected chi connectivity index (χ4v) is 0. The molecule has 1 radical (unpaired) electrons. The van der Waals surface area contributed by atoms with Gasteiger partial charge in [-0.3, -0.25) is 9.11 Å². The molecule has 0 unspecified atom stereocenters.